The number of carbonyl (C=O) groups is 2. The minimum atomic E-state index is -0.277. The lowest BCUT2D eigenvalue weighted by atomic mass is 9.90. The minimum Gasteiger partial charge on any atom is -0.466 e. The number of hydrogen-bond acceptors (Lipinski definition) is 4. The minimum absolute atomic E-state index is 0.140. The Morgan fingerprint density at radius 2 is 1.22 bits per heavy atom. The van der Waals surface area contributed by atoms with Crippen LogP contribution in [0.1, 0.15) is 116 Å². The van der Waals surface area contributed by atoms with Crippen molar-refractivity contribution < 1.29 is 19.1 Å². The molecule has 0 bridgehead atoms. The van der Waals surface area contributed by atoms with E-state index >= 15 is 0 Å². The summed E-state index contributed by atoms with van der Waals surface area (Å²) >= 11 is 0. The van der Waals surface area contributed by atoms with Crippen LogP contribution in [0.15, 0.2) is 0 Å². The Bertz CT molecular complexity index is 375. The number of hydrogen-bond donors (Lipinski definition) is 0. The zero-order valence-corrected chi connectivity index (χ0v) is 17.6. The Morgan fingerprint density at radius 3 is 1.81 bits per heavy atom. The van der Waals surface area contributed by atoms with Crippen molar-refractivity contribution in [3.05, 3.63) is 0 Å². The highest BCUT2D eigenvalue weighted by atomic mass is 16.5. The van der Waals surface area contributed by atoms with Crippen LogP contribution in [0.3, 0.4) is 0 Å². The van der Waals surface area contributed by atoms with Crippen LogP contribution in [-0.2, 0) is 19.1 Å². The van der Waals surface area contributed by atoms with Crippen LogP contribution < -0.4 is 0 Å². The first-order chi connectivity index (χ1) is 13.2. The van der Waals surface area contributed by atoms with E-state index in [1.807, 2.05) is 0 Å². The van der Waals surface area contributed by atoms with Crippen molar-refractivity contribution in [2.24, 2.45) is 5.92 Å². The number of esters is 2. The van der Waals surface area contributed by atoms with Gasteiger partial charge in [0.1, 0.15) is 0 Å². The van der Waals surface area contributed by atoms with E-state index < -0.39 is 0 Å². The third kappa shape index (κ3) is 14.6. The number of ether oxygens (including phenoxy) is 2. The summed E-state index contributed by atoms with van der Waals surface area (Å²) in [7, 11) is 0. The molecule has 0 aromatic rings. The molecule has 0 unspecified atom stereocenters. The van der Waals surface area contributed by atoms with Crippen LogP contribution in [-0.4, -0.2) is 25.2 Å². The number of unbranched alkanes of at least 4 members (excludes halogenated alkanes) is 9. The van der Waals surface area contributed by atoms with Gasteiger partial charge in [-0.25, -0.2) is 0 Å². The van der Waals surface area contributed by atoms with Gasteiger partial charge in [0.15, 0.2) is 0 Å². The molecular formula is C23H42O4. The summed E-state index contributed by atoms with van der Waals surface area (Å²) in [6.45, 7) is 3.25. The zero-order chi connectivity index (χ0) is 19.6. The van der Waals surface area contributed by atoms with Gasteiger partial charge in [-0.1, -0.05) is 84.0 Å². The normalized spacial score (nSPS) is 14.9. The fourth-order valence-corrected chi connectivity index (χ4v) is 3.69. The quantitative estimate of drug-likeness (QED) is 0.230. The molecule has 0 aromatic heterocycles. The molecule has 0 heterocycles. The lowest BCUT2D eigenvalue weighted by Gasteiger charge is -2.20. The van der Waals surface area contributed by atoms with E-state index in [4.69, 9.17) is 9.47 Å². The van der Waals surface area contributed by atoms with Gasteiger partial charge in [-0.05, 0) is 25.2 Å². The Morgan fingerprint density at radius 1 is 0.704 bits per heavy atom. The second-order valence-electron chi connectivity index (χ2n) is 8.09. The Balaban J connectivity index is 1.84. The second kappa shape index (κ2) is 17.1. The highest BCUT2D eigenvalue weighted by Crippen LogP contribution is 2.23. The van der Waals surface area contributed by atoms with E-state index in [2.05, 4.69) is 6.92 Å². The summed E-state index contributed by atoms with van der Waals surface area (Å²) in [5.74, 6) is -0.0250. The van der Waals surface area contributed by atoms with Gasteiger partial charge in [0.05, 0.1) is 26.1 Å². The molecule has 0 atom stereocenters. The Labute approximate surface area is 166 Å². The average molecular weight is 383 g/mol. The van der Waals surface area contributed by atoms with Crippen LogP contribution in [0.5, 0.6) is 0 Å². The van der Waals surface area contributed by atoms with Crippen LogP contribution in [0, 0.1) is 5.92 Å². The maximum Gasteiger partial charge on any atom is 0.306 e. The average Bonchev–Trinajstić information content (AvgIpc) is 2.69. The summed E-state index contributed by atoms with van der Waals surface area (Å²) in [5, 5.41) is 0. The summed E-state index contributed by atoms with van der Waals surface area (Å²) in [5.41, 5.74) is 0. The van der Waals surface area contributed by atoms with Crippen molar-refractivity contribution in [2.45, 2.75) is 116 Å². The smallest absolute Gasteiger partial charge is 0.306 e. The first-order valence-electron chi connectivity index (χ1n) is 11.5. The lowest BCUT2D eigenvalue weighted by Crippen LogP contribution is -2.17. The van der Waals surface area contributed by atoms with E-state index in [9.17, 15) is 9.59 Å². The van der Waals surface area contributed by atoms with E-state index in [0.29, 0.717) is 19.1 Å². The molecule has 27 heavy (non-hydrogen) atoms. The standard InChI is InChI=1S/C23H42O4/c1-2-3-4-5-6-7-8-9-10-14-19-26-22(24)17-18-23(25)27-20-21-15-12-11-13-16-21/h21H,2-20H2,1H3. The first kappa shape index (κ1) is 24.0. The molecule has 0 N–H and O–H groups in total. The molecule has 1 saturated carbocycles. The highest BCUT2D eigenvalue weighted by molar-refractivity contribution is 5.77. The SMILES string of the molecule is CCCCCCCCCCCCOC(=O)CCC(=O)OCC1CCCCC1. The predicted octanol–water partition coefficient (Wildman–Crippen LogP) is 6.35. The van der Waals surface area contributed by atoms with Gasteiger partial charge < -0.3 is 9.47 Å². The maximum absolute atomic E-state index is 11.7. The van der Waals surface area contributed by atoms with Crippen molar-refractivity contribution in [3.8, 4) is 0 Å². The van der Waals surface area contributed by atoms with E-state index in [1.165, 1.54) is 70.6 Å². The zero-order valence-electron chi connectivity index (χ0n) is 17.6. The first-order valence-corrected chi connectivity index (χ1v) is 11.5. The molecule has 0 spiro atoms. The fraction of sp³-hybridized carbons (Fsp3) is 0.913. The molecule has 158 valence electrons. The molecule has 1 aliphatic carbocycles. The monoisotopic (exact) mass is 382 g/mol. The van der Waals surface area contributed by atoms with Crippen molar-refractivity contribution in [1.82, 2.24) is 0 Å². The van der Waals surface area contributed by atoms with E-state index in [0.717, 1.165) is 25.7 Å². The third-order valence-corrected chi connectivity index (χ3v) is 5.50. The van der Waals surface area contributed by atoms with E-state index in [-0.39, 0.29) is 24.8 Å². The highest BCUT2D eigenvalue weighted by Gasteiger charge is 2.16. The molecule has 4 heteroatoms. The Kier molecular flexibility index (Phi) is 15.2. The second-order valence-corrected chi connectivity index (χ2v) is 8.09. The molecule has 1 fully saturated rings. The number of rotatable bonds is 16. The van der Waals surface area contributed by atoms with E-state index in [1.54, 1.807) is 0 Å². The van der Waals surface area contributed by atoms with Crippen molar-refractivity contribution >= 4 is 11.9 Å². The summed E-state index contributed by atoms with van der Waals surface area (Å²) in [4.78, 5) is 23.4. The van der Waals surface area contributed by atoms with Crippen molar-refractivity contribution in [2.75, 3.05) is 13.2 Å². The van der Waals surface area contributed by atoms with Gasteiger partial charge in [0.2, 0.25) is 0 Å². The Hall–Kier alpha value is -1.06. The van der Waals surface area contributed by atoms with Gasteiger partial charge in [0, 0.05) is 0 Å². The molecule has 1 aliphatic rings. The summed E-state index contributed by atoms with van der Waals surface area (Å²) in [6.07, 6.45) is 19.0. The molecule has 0 amide bonds. The van der Waals surface area contributed by atoms with Gasteiger partial charge in [0.25, 0.3) is 0 Å². The van der Waals surface area contributed by atoms with Crippen LogP contribution in [0.4, 0.5) is 0 Å². The van der Waals surface area contributed by atoms with Crippen LogP contribution in [0.25, 0.3) is 0 Å². The van der Waals surface area contributed by atoms with Gasteiger partial charge in [-0.3, -0.25) is 9.59 Å². The van der Waals surface area contributed by atoms with Gasteiger partial charge in [-0.2, -0.15) is 0 Å². The largest absolute Gasteiger partial charge is 0.466 e. The summed E-state index contributed by atoms with van der Waals surface area (Å²) in [6, 6.07) is 0. The lowest BCUT2D eigenvalue weighted by molar-refractivity contribution is -0.151. The van der Waals surface area contributed by atoms with Gasteiger partial charge in [-0.15, -0.1) is 0 Å². The summed E-state index contributed by atoms with van der Waals surface area (Å²) < 4.78 is 10.5. The molecule has 0 aromatic carbocycles. The van der Waals surface area contributed by atoms with Crippen molar-refractivity contribution in [3.63, 3.8) is 0 Å². The molecule has 0 radical (unpaired) electrons. The third-order valence-electron chi connectivity index (χ3n) is 5.50. The predicted molar refractivity (Wildman–Crippen MR) is 110 cm³/mol. The molecule has 4 nitrogen and oxygen atoms in total. The number of carbonyl (C=O) groups excluding carboxylic acids is 2. The molecular weight excluding hydrogens is 340 g/mol. The van der Waals surface area contributed by atoms with Gasteiger partial charge >= 0.3 is 11.9 Å². The van der Waals surface area contributed by atoms with Crippen LogP contribution in [0.2, 0.25) is 0 Å². The maximum atomic E-state index is 11.7. The van der Waals surface area contributed by atoms with Crippen molar-refractivity contribution in [1.29, 1.82) is 0 Å². The molecule has 0 saturated heterocycles. The van der Waals surface area contributed by atoms with Crippen LogP contribution >= 0.6 is 0 Å². The fourth-order valence-electron chi connectivity index (χ4n) is 3.69. The molecule has 1 rings (SSSR count). The molecule has 0 aliphatic heterocycles. The topological polar surface area (TPSA) is 52.6 Å².